The summed E-state index contributed by atoms with van der Waals surface area (Å²) < 4.78 is 50.9. The van der Waals surface area contributed by atoms with Crippen molar-refractivity contribution >= 4 is 0 Å². The molecule has 0 amide bonds. The Labute approximate surface area is 107 Å². The van der Waals surface area contributed by atoms with Gasteiger partial charge in [0.05, 0.1) is 5.56 Å². The van der Waals surface area contributed by atoms with Gasteiger partial charge in [-0.2, -0.15) is 13.2 Å². The van der Waals surface area contributed by atoms with Crippen molar-refractivity contribution in [2.45, 2.75) is 19.5 Å². The van der Waals surface area contributed by atoms with Crippen molar-refractivity contribution in [2.24, 2.45) is 0 Å². The SMILES string of the molecule is Cc1ccc(Cc2cc(F)cc(C(F)(F)F)c2)nc1. The summed E-state index contributed by atoms with van der Waals surface area (Å²) in [5.41, 5.74) is 0.835. The van der Waals surface area contributed by atoms with Crippen LogP contribution in [-0.4, -0.2) is 4.98 Å². The van der Waals surface area contributed by atoms with Crippen LogP contribution in [0, 0.1) is 12.7 Å². The molecule has 1 aromatic heterocycles. The van der Waals surface area contributed by atoms with Crippen LogP contribution in [-0.2, 0) is 12.6 Å². The van der Waals surface area contributed by atoms with Gasteiger partial charge in [-0.1, -0.05) is 6.07 Å². The summed E-state index contributed by atoms with van der Waals surface area (Å²) in [5.74, 6) is -0.892. The van der Waals surface area contributed by atoms with Gasteiger partial charge < -0.3 is 0 Å². The molecule has 0 aliphatic heterocycles. The standard InChI is InChI=1S/C14H11F4N/c1-9-2-3-13(19-8-9)6-10-4-11(14(16,17)18)7-12(15)5-10/h2-5,7-8H,6H2,1H3. The van der Waals surface area contributed by atoms with Crippen LogP contribution in [0.4, 0.5) is 17.6 Å². The number of hydrogen-bond donors (Lipinski definition) is 0. The average molecular weight is 269 g/mol. The summed E-state index contributed by atoms with van der Waals surface area (Å²) in [7, 11) is 0. The molecule has 2 rings (SSSR count). The maximum Gasteiger partial charge on any atom is 0.416 e. The highest BCUT2D eigenvalue weighted by Crippen LogP contribution is 2.30. The molecule has 0 aliphatic carbocycles. The highest BCUT2D eigenvalue weighted by atomic mass is 19.4. The van der Waals surface area contributed by atoms with Crippen molar-refractivity contribution < 1.29 is 17.6 Å². The zero-order valence-corrected chi connectivity index (χ0v) is 10.1. The fourth-order valence-corrected chi connectivity index (χ4v) is 1.73. The molecule has 0 radical (unpaired) electrons. The predicted octanol–water partition coefficient (Wildman–Crippen LogP) is 4.14. The molecule has 0 saturated carbocycles. The Morgan fingerprint density at radius 3 is 2.42 bits per heavy atom. The second-order valence-corrected chi connectivity index (χ2v) is 4.35. The lowest BCUT2D eigenvalue weighted by atomic mass is 10.0. The zero-order valence-electron chi connectivity index (χ0n) is 10.1. The van der Waals surface area contributed by atoms with Gasteiger partial charge >= 0.3 is 6.18 Å². The Morgan fingerprint density at radius 1 is 1.11 bits per heavy atom. The fraction of sp³-hybridized carbons (Fsp3) is 0.214. The summed E-state index contributed by atoms with van der Waals surface area (Å²) in [6, 6.07) is 6.06. The number of aryl methyl sites for hydroxylation is 1. The molecule has 2 aromatic rings. The molecule has 0 bridgehead atoms. The summed E-state index contributed by atoms with van der Waals surface area (Å²) >= 11 is 0. The highest BCUT2D eigenvalue weighted by Gasteiger charge is 2.31. The van der Waals surface area contributed by atoms with Crippen molar-refractivity contribution in [2.75, 3.05) is 0 Å². The Bertz CT molecular complexity index is 573. The van der Waals surface area contributed by atoms with E-state index in [1.807, 2.05) is 13.0 Å². The predicted molar refractivity (Wildman–Crippen MR) is 63.2 cm³/mol. The van der Waals surface area contributed by atoms with Gasteiger partial charge in [0, 0.05) is 18.3 Å². The molecular formula is C14H11F4N. The molecule has 19 heavy (non-hydrogen) atoms. The largest absolute Gasteiger partial charge is 0.416 e. The number of rotatable bonds is 2. The number of benzene rings is 1. The first-order valence-electron chi connectivity index (χ1n) is 5.63. The molecule has 100 valence electrons. The number of aromatic nitrogens is 1. The van der Waals surface area contributed by atoms with Crippen LogP contribution < -0.4 is 0 Å². The number of alkyl halides is 3. The minimum absolute atomic E-state index is 0.168. The smallest absolute Gasteiger partial charge is 0.261 e. The number of pyridine rings is 1. The van der Waals surface area contributed by atoms with Gasteiger partial charge in [-0.25, -0.2) is 4.39 Å². The molecule has 0 spiro atoms. The van der Waals surface area contributed by atoms with Gasteiger partial charge in [-0.15, -0.1) is 0 Å². The van der Waals surface area contributed by atoms with Crippen LogP contribution >= 0.6 is 0 Å². The van der Waals surface area contributed by atoms with Crippen molar-refractivity contribution in [3.05, 3.63) is 64.7 Å². The first-order valence-corrected chi connectivity index (χ1v) is 5.63. The molecule has 0 fully saturated rings. The Morgan fingerprint density at radius 2 is 1.84 bits per heavy atom. The second-order valence-electron chi connectivity index (χ2n) is 4.35. The fourth-order valence-electron chi connectivity index (χ4n) is 1.73. The van der Waals surface area contributed by atoms with E-state index in [1.165, 1.54) is 0 Å². The molecule has 1 aromatic carbocycles. The number of hydrogen-bond acceptors (Lipinski definition) is 1. The van der Waals surface area contributed by atoms with Crippen LogP contribution in [0.3, 0.4) is 0 Å². The molecule has 0 saturated heterocycles. The number of nitrogens with zero attached hydrogens (tertiary/aromatic N) is 1. The van der Waals surface area contributed by atoms with E-state index in [9.17, 15) is 17.6 Å². The van der Waals surface area contributed by atoms with E-state index in [0.29, 0.717) is 11.8 Å². The monoisotopic (exact) mass is 269 g/mol. The first kappa shape index (κ1) is 13.5. The van der Waals surface area contributed by atoms with E-state index in [2.05, 4.69) is 4.98 Å². The van der Waals surface area contributed by atoms with Crippen LogP contribution in [0.1, 0.15) is 22.4 Å². The maximum absolute atomic E-state index is 13.2. The van der Waals surface area contributed by atoms with Crippen molar-refractivity contribution in [1.29, 1.82) is 0 Å². The van der Waals surface area contributed by atoms with Gasteiger partial charge in [-0.05, 0) is 42.3 Å². The van der Waals surface area contributed by atoms with Crippen molar-refractivity contribution in [1.82, 2.24) is 4.98 Å². The summed E-state index contributed by atoms with van der Waals surface area (Å²) in [5, 5.41) is 0. The Balaban J connectivity index is 2.30. The third kappa shape index (κ3) is 3.53. The molecule has 0 aliphatic rings. The second kappa shape index (κ2) is 4.99. The summed E-state index contributed by atoms with van der Waals surface area (Å²) in [4.78, 5) is 4.09. The lowest BCUT2D eigenvalue weighted by molar-refractivity contribution is -0.137. The van der Waals surface area contributed by atoms with Gasteiger partial charge in [0.2, 0.25) is 0 Å². The van der Waals surface area contributed by atoms with E-state index in [1.54, 1.807) is 12.3 Å². The quantitative estimate of drug-likeness (QED) is 0.747. The normalized spacial score (nSPS) is 11.6. The van der Waals surface area contributed by atoms with Gasteiger partial charge in [0.1, 0.15) is 5.82 Å². The number of halogens is 4. The molecule has 0 N–H and O–H groups in total. The lowest BCUT2D eigenvalue weighted by Crippen LogP contribution is -2.06. The lowest BCUT2D eigenvalue weighted by Gasteiger charge is -2.09. The van der Waals surface area contributed by atoms with Crippen LogP contribution in [0.25, 0.3) is 0 Å². The van der Waals surface area contributed by atoms with E-state index in [-0.39, 0.29) is 12.0 Å². The van der Waals surface area contributed by atoms with Crippen LogP contribution in [0.2, 0.25) is 0 Å². The van der Waals surface area contributed by atoms with E-state index >= 15 is 0 Å². The minimum atomic E-state index is -4.54. The van der Waals surface area contributed by atoms with Gasteiger partial charge in [0.15, 0.2) is 0 Å². The third-order valence-electron chi connectivity index (χ3n) is 2.64. The van der Waals surface area contributed by atoms with Crippen molar-refractivity contribution in [3.63, 3.8) is 0 Å². The van der Waals surface area contributed by atoms with Gasteiger partial charge in [-0.3, -0.25) is 4.98 Å². The first-order chi connectivity index (χ1) is 8.84. The molecule has 1 nitrogen and oxygen atoms in total. The topological polar surface area (TPSA) is 12.9 Å². The van der Waals surface area contributed by atoms with Crippen molar-refractivity contribution in [3.8, 4) is 0 Å². The molecule has 0 unspecified atom stereocenters. The molecular weight excluding hydrogens is 258 g/mol. The molecule has 1 heterocycles. The highest BCUT2D eigenvalue weighted by molar-refractivity contribution is 5.30. The molecule has 0 atom stereocenters. The van der Waals surface area contributed by atoms with Gasteiger partial charge in [0.25, 0.3) is 0 Å². The van der Waals surface area contributed by atoms with Crippen LogP contribution in [0.5, 0.6) is 0 Å². The van der Waals surface area contributed by atoms with E-state index in [0.717, 1.165) is 17.7 Å². The summed E-state index contributed by atoms with van der Waals surface area (Å²) in [6.07, 6.45) is -2.75. The minimum Gasteiger partial charge on any atom is -0.261 e. The maximum atomic E-state index is 13.2. The van der Waals surface area contributed by atoms with E-state index in [4.69, 9.17) is 0 Å². The zero-order chi connectivity index (χ0) is 14.0. The Hall–Kier alpha value is -1.91. The van der Waals surface area contributed by atoms with Crippen LogP contribution in [0.15, 0.2) is 36.5 Å². The Kier molecular flexibility index (Phi) is 3.55. The third-order valence-corrected chi connectivity index (χ3v) is 2.64. The molecule has 5 heteroatoms. The van der Waals surface area contributed by atoms with E-state index < -0.39 is 17.6 Å². The average Bonchev–Trinajstić information content (AvgIpc) is 2.30. The summed E-state index contributed by atoms with van der Waals surface area (Å²) in [6.45, 7) is 1.86.